The number of benzene rings is 1. The van der Waals surface area contributed by atoms with Crippen molar-refractivity contribution in [1.82, 2.24) is 24.9 Å². The molecule has 4 rings (SSSR count). The van der Waals surface area contributed by atoms with Crippen LogP contribution in [-0.4, -0.2) is 64.3 Å². The van der Waals surface area contributed by atoms with Gasteiger partial charge in [-0.3, -0.25) is 19.3 Å². The van der Waals surface area contributed by atoms with Gasteiger partial charge in [0.1, 0.15) is 0 Å². The van der Waals surface area contributed by atoms with E-state index in [1.54, 1.807) is 6.20 Å². The summed E-state index contributed by atoms with van der Waals surface area (Å²) < 4.78 is 1.92. The molecular formula is C24H35N5O. The Bertz CT molecular complexity index is 755. The third kappa shape index (κ3) is 5.92. The van der Waals surface area contributed by atoms with Crippen LogP contribution in [0.3, 0.4) is 0 Å². The van der Waals surface area contributed by atoms with E-state index in [1.807, 2.05) is 16.9 Å². The highest BCUT2D eigenvalue weighted by Gasteiger charge is 2.31. The Morgan fingerprint density at radius 3 is 2.67 bits per heavy atom. The normalized spacial score (nSPS) is 21.5. The van der Waals surface area contributed by atoms with Gasteiger partial charge in [-0.25, -0.2) is 0 Å². The van der Waals surface area contributed by atoms with Crippen molar-refractivity contribution in [1.29, 1.82) is 0 Å². The Labute approximate surface area is 180 Å². The number of likely N-dealkylation sites (tertiary alicyclic amines) is 2. The number of amides is 1. The van der Waals surface area contributed by atoms with Crippen molar-refractivity contribution >= 4 is 5.91 Å². The van der Waals surface area contributed by atoms with Crippen LogP contribution in [0.1, 0.15) is 37.7 Å². The van der Waals surface area contributed by atoms with Crippen molar-refractivity contribution in [3.63, 3.8) is 0 Å². The first kappa shape index (κ1) is 21.1. The minimum absolute atomic E-state index is 0.144. The first-order valence-electron chi connectivity index (χ1n) is 11.5. The molecule has 0 saturated carbocycles. The number of hydrogen-bond donors (Lipinski definition) is 1. The lowest BCUT2D eigenvalue weighted by Gasteiger charge is -2.42. The van der Waals surface area contributed by atoms with Gasteiger partial charge in [-0.1, -0.05) is 30.3 Å². The minimum Gasteiger partial charge on any atom is -0.356 e. The van der Waals surface area contributed by atoms with Crippen LogP contribution in [0.25, 0.3) is 0 Å². The van der Waals surface area contributed by atoms with E-state index < -0.39 is 0 Å². The topological polar surface area (TPSA) is 53.4 Å². The molecule has 0 radical (unpaired) electrons. The number of aromatic nitrogens is 2. The molecule has 162 valence electrons. The second-order valence-electron chi connectivity index (χ2n) is 8.74. The number of hydrogen-bond acceptors (Lipinski definition) is 4. The van der Waals surface area contributed by atoms with Gasteiger partial charge in [0.05, 0.1) is 5.92 Å². The molecule has 1 atom stereocenters. The molecule has 30 heavy (non-hydrogen) atoms. The fourth-order valence-electron chi connectivity index (χ4n) is 4.87. The van der Waals surface area contributed by atoms with Crippen molar-refractivity contribution in [2.24, 2.45) is 5.92 Å². The van der Waals surface area contributed by atoms with Gasteiger partial charge in [0.25, 0.3) is 0 Å². The predicted molar refractivity (Wildman–Crippen MR) is 119 cm³/mol. The van der Waals surface area contributed by atoms with Gasteiger partial charge >= 0.3 is 0 Å². The van der Waals surface area contributed by atoms with Crippen LogP contribution in [0.4, 0.5) is 0 Å². The van der Waals surface area contributed by atoms with E-state index in [4.69, 9.17) is 0 Å². The average Bonchev–Trinajstić information content (AvgIpc) is 3.31. The molecule has 6 nitrogen and oxygen atoms in total. The summed E-state index contributed by atoms with van der Waals surface area (Å²) in [5.74, 6) is 0.382. The highest BCUT2D eigenvalue weighted by atomic mass is 16.1. The van der Waals surface area contributed by atoms with Crippen LogP contribution in [0.15, 0.2) is 48.8 Å². The van der Waals surface area contributed by atoms with Crippen molar-refractivity contribution < 1.29 is 4.79 Å². The monoisotopic (exact) mass is 409 g/mol. The Hall–Kier alpha value is -2.18. The second-order valence-corrected chi connectivity index (χ2v) is 8.74. The van der Waals surface area contributed by atoms with Crippen LogP contribution in [-0.2, 0) is 17.9 Å². The van der Waals surface area contributed by atoms with Gasteiger partial charge in [0, 0.05) is 44.6 Å². The summed E-state index contributed by atoms with van der Waals surface area (Å²) in [6.07, 6.45) is 9.26. The molecule has 2 saturated heterocycles. The van der Waals surface area contributed by atoms with E-state index in [2.05, 4.69) is 50.5 Å². The van der Waals surface area contributed by atoms with Crippen molar-refractivity contribution in [3.05, 3.63) is 54.4 Å². The maximum Gasteiger partial charge on any atom is 0.224 e. The molecule has 1 amide bonds. The standard InChI is InChI=1S/C24H35N5O/c30-24(25-12-5-15-29-16-6-13-26-29)22-9-4-14-28(20-22)23-10-17-27(18-11-23)19-21-7-2-1-3-8-21/h1-3,6-8,13,16,22-23H,4-5,9-12,14-15,17-20H2,(H,25,30). The molecular weight excluding hydrogens is 374 g/mol. The lowest BCUT2D eigenvalue weighted by atomic mass is 9.93. The molecule has 0 aliphatic carbocycles. The number of aryl methyl sites for hydroxylation is 1. The predicted octanol–water partition coefficient (Wildman–Crippen LogP) is 2.77. The maximum atomic E-state index is 12.7. The van der Waals surface area contributed by atoms with Gasteiger partial charge in [-0.2, -0.15) is 5.10 Å². The lowest BCUT2D eigenvalue weighted by molar-refractivity contribution is -0.127. The van der Waals surface area contributed by atoms with Crippen molar-refractivity contribution in [2.75, 3.05) is 32.7 Å². The molecule has 1 aromatic carbocycles. The highest BCUT2D eigenvalue weighted by Crippen LogP contribution is 2.24. The summed E-state index contributed by atoms with van der Waals surface area (Å²) in [4.78, 5) is 17.8. The second kappa shape index (κ2) is 10.7. The Balaban J connectivity index is 1.17. The van der Waals surface area contributed by atoms with Crippen LogP contribution in [0.5, 0.6) is 0 Å². The van der Waals surface area contributed by atoms with E-state index in [0.29, 0.717) is 6.04 Å². The highest BCUT2D eigenvalue weighted by molar-refractivity contribution is 5.78. The summed E-state index contributed by atoms with van der Waals surface area (Å²) >= 11 is 0. The smallest absolute Gasteiger partial charge is 0.224 e. The fraction of sp³-hybridized carbons (Fsp3) is 0.583. The zero-order valence-electron chi connectivity index (χ0n) is 18.0. The summed E-state index contributed by atoms with van der Waals surface area (Å²) in [5, 5.41) is 7.36. The quantitative estimate of drug-likeness (QED) is 0.681. The zero-order valence-corrected chi connectivity index (χ0v) is 18.0. The summed E-state index contributed by atoms with van der Waals surface area (Å²) in [7, 11) is 0. The van der Waals surface area contributed by atoms with Gasteiger partial charge in [0.15, 0.2) is 0 Å². The number of carbonyl (C=O) groups is 1. The molecule has 0 spiro atoms. The third-order valence-corrected chi connectivity index (χ3v) is 6.57. The molecule has 1 unspecified atom stereocenters. The maximum absolute atomic E-state index is 12.7. The van der Waals surface area contributed by atoms with Crippen LogP contribution < -0.4 is 5.32 Å². The Morgan fingerprint density at radius 2 is 1.90 bits per heavy atom. The number of piperidine rings is 2. The fourth-order valence-corrected chi connectivity index (χ4v) is 4.87. The molecule has 6 heteroatoms. The molecule has 1 N–H and O–H groups in total. The molecule has 3 heterocycles. The molecule has 2 fully saturated rings. The molecule has 1 aromatic heterocycles. The summed E-state index contributed by atoms with van der Waals surface area (Å²) in [6.45, 7) is 7.01. The molecule has 2 aliphatic heterocycles. The largest absolute Gasteiger partial charge is 0.356 e. The summed E-state index contributed by atoms with van der Waals surface area (Å²) in [6, 6.07) is 13.3. The van der Waals surface area contributed by atoms with Crippen LogP contribution in [0.2, 0.25) is 0 Å². The van der Waals surface area contributed by atoms with Crippen LogP contribution >= 0.6 is 0 Å². The van der Waals surface area contributed by atoms with E-state index in [0.717, 1.165) is 65.1 Å². The van der Waals surface area contributed by atoms with E-state index in [9.17, 15) is 4.79 Å². The summed E-state index contributed by atoms with van der Waals surface area (Å²) in [5.41, 5.74) is 1.40. The average molecular weight is 410 g/mol. The van der Waals surface area contributed by atoms with E-state index >= 15 is 0 Å². The first-order valence-corrected chi connectivity index (χ1v) is 11.5. The van der Waals surface area contributed by atoms with Gasteiger partial charge in [0.2, 0.25) is 5.91 Å². The van der Waals surface area contributed by atoms with E-state index in [-0.39, 0.29) is 11.8 Å². The third-order valence-electron chi connectivity index (χ3n) is 6.57. The Kier molecular flexibility index (Phi) is 7.54. The van der Waals surface area contributed by atoms with Crippen molar-refractivity contribution in [2.45, 2.75) is 51.2 Å². The minimum atomic E-state index is 0.144. The lowest BCUT2D eigenvalue weighted by Crippen LogP contribution is -2.50. The number of nitrogens with one attached hydrogen (secondary N) is 1. The van der Waals surface area contributed by atoms with Crippen LogP contribution in [0, 0.1) is 5.92 Å². The Morgan fingerprint density at radius 1 is 1.07 bits per heavy atom. The number of rotatable bonds is 8. The van der Waals surface area contributed by atoms with Gasteiger partial charge < -0.3 is 5.32 Å². The number of nitrogens with zero attached hydrogens (tertiary/aromatic N) is 4. The molecule has 2 aliphatic rings. The first-order chi connectivity index (χ1) is 14.8. The SMILES string of the molecule is O=C(NCCCn1cccn1)C1CCCN(C2CCN(Cc3ccccc3)CC2)C1. The molecule has 0 bridgehead atoms. The van der Waals surface area contributed by atoms with E-state index in [1.165, 1.54) is 18.4 Å². The van der Waals surface area contributed by atoms with Crippen molar-refractivity contribution in [3.8, 4) is 0 Å². The zero-order chi connectivity index (χ0) is 20.6. The molecule has 2 aromatic rings. The van der Waals surface area contributed by atoms with Gasteiger partial charge in [-0.05, 0) is 63.4 Å². The van der Waals surface area contributed by atoms with Gasteiger partial charge in [-0.15, -0.1) is 0 Å². The number of carbonyl (C=O) groups excluding carboxylic acids is 1.